The normalized spacial score (nSPS) is 12.6. The highest BCUT2D eigenvalue weighted by Gasteiger charge is 2.25. The molecule has 1 N–H and O–H groups in total. The van der Waals surface area contributed by atoms with Gasteiger partial charge >= 0.3 is 0 Å². The van der Waals surface area contributed by atoms with Gasteiger partial charge in [-0.1, -0.05) is 6.92 Å². The Hall–Kier alpha value is -0.920. The molecule has 0 atom stereocenters. The van der Waals surface area contributed by atoms with Gasteiger partial charge in [-0.25, -0.2) is 8.42 Å². The topological polar surface area (TPSA) is 69.3 Å². The molecule has 7 heteroatoms. The first-order valence-corrected chi connectivity index (χ1v) is 7.48. The van der Waals surface area contributed by atoms with Crippen LogP contribution in [-0.4, -0.2) is 61.5 Å². The third kappa shape index (κ3) is 3.54. The minimum atomic E-state index is -3.42. The molecule has 1 rings (SSSR count). The molecule has 0 fully saturated rings. The van der Waals surface area contributed by atoms with Crippen molar-refractivity contribution in [2.45, 2.75) is 25.2 Å². The van der Waals surface area contributed by atoms with E-state index in [1.54, 1.807) is 6.92 Å². The van der Waals surface area contributed by atoms with Gasteiger partial charge in [0.25, 0.3) is 0 Å². The van der Waals surface area contributed by atoms with E-state index in [2.05, 4.69) is 10.2 Å². The first-order valence-electron chi connectivity index (χ1n) is 6.04. The van der Waals surface area contributed by atoms with Gasteiger partial charge in [0.15, 0.2) is 0 Å². The Balaban J connectivity index is 2.78. The van der Waals surface area contributed by atoms with Crippen LogP contribution in [0.5, 0.6) is 0 Å². The van der Waals surface area contributed by atoms with Gasteiger partial charge in [-0.3, -0.25) is 5.10 Å². The molecule has 0 aliphatic carbocycles. The summed E-state index contributed by atoms with van der Waals surface area (Å²) in [6, 6.07) is 0. The molecular formula is C11H22N4O2S. The smallest absolute Gasteiger partial charge is 0.246 e. The van der Waals surface area contributed by atoms with Crippen molar-refractivity contribution in [3.63, 3.8) is 0 Å². The van der Waals surface area contributed by atoms with E-state index in [0.29, 0.717) is 18.8 Å². The quantitative estimate of drug-likeness (QED) is 0.794. The molecule has 0 aliphatic heterocycles. The zero-order chi connectivity index (χ0) is 13.8. The van der Waals surface area contributed by atoms with Gasteiger partial charge in [-0.05, 0) is 34.0 Å². The molecule has 0 aliphatic rings. The van der Waals surface area contributed by atoms with Crippen LogP contribution in [0.1, 0.15) is 19.0 Å². The molecule has 1 heterocycles. The molecule has 6 nitrogen and oxygen atoms in total. The third-order valence-electron chi connectivity index (χ3n) is 2.77. The highest BCUT2D eigenvalue weighted by atomic mass is 32.2. The summed E-state index contributed by atoms with van der Waals surface area (Å²) in [7, 11) is 0.539. The molecule has 0 unspecified atom stereocenters. The minimum Gasteiger partial charge on any atom is -0.309 e. The Morgan fingerprint density at radius 2 is 2.00 bits per heavy atom. The fourth-order valence-electron chi connectivity index (χ4n) is 1.75. The average Bonchev–Trinajstić information content (AvgIpc) is 2.70. The Morgan fingerprint density at radius 1 is 1.33 bits per heavy atom. The number of nitrogens with zero attached hydrogens (tertiary/aromatic N) is 3. The summed E-state index contributed by atoms with van der Waals surface area (Å²) in [5, 5.41) is 6.44. The number of sulfonamides is 1. The minimum absolute atomic E-state index is 0.272. The van der Waals surface area contributed by atoms with Crippen LogP contribution in [0.4, 0.5) is 0 Å². The lowest BCUT2D eigenvalue weighted by atomic mass is 10.4. The molecule has 0 saturated heterocycles. The summed E-state index contributed by atoms with van der Waals surface area (Å²) >= 11 is 0. The maximum Gasteiger partial charge on any atom is 0.246 e. The summed E-state index contributed by atoms with van der Waals surface area (Å²) in [6.45, 7) is 5.44. The van der Waals surface area contributed by atoms with Gasteiger partial charge in [0.05, 0.1) is 11.9 Å². The molecule has 18 heavy (non-hydrogen) atoms. The number of aryl methyl sites for hydroxylation is 1. The van der Waals surface area contributed by atoms with E-state index in [1.807, 2.05) is 25.9 Å². The molecule has 0 radical (unpaired) electrons. The highest BCUT2D eigenvalue weighted by molar-refractivity contribution is 7.89. The lowest BCUT2D eigenvalue weighted by Gasteiger charge is -2.21. The lowest BCUT2D eigenvalue weighted by Crippen LogP contribution is -2.33. The van der Waals surface area contributed by atoms with E-state index >= 15 is 0 Å². The van der Waals surface area contributed by atoms with E-state index in [-0.39, 0.29) is 4.90 Å². The van der Waals surface area contributed by atoms with Gasteiger partial charge in [-0.15, -0.1) is 0 Å². The first-order chi connectivity index (χ1) is 8.39. The van der Waals surface area contributed by atoms with Gasteiger partial charge in [-0.2, -0.15) is 9.40 Å². The van der Waals surface area contributed by atoms with Crippen LogP contribution in [0.2, 0.25) is 0 Å². The van der Waals surface area contributed by atoms with Crippen LogP contribution in [0.15, 0.2) is 11.1 Å². The van der Waals surface area contributed by atoms with Crippen molar-refractivity contribution >= 4 is 10.0 Å². The predicted molar refractivity (Wildman–Crippen MR) is 70.9 cm³/mol. The molecule has 1 aromatic rings. The summed E-state index contributed by atoms with van der Waals surface area (Å²) in [5.74, 6) is 0. The molecule has 0 saturated carbocycles. The Kier molecular flexibility index (Phi) is 5.30. The van der Waals surface area contributed by atoms with Crippen LogP contribution in [-0.2, 0) is 10.0 Å². The van der Waals surface area contributed by atoms with Gasteiger partial charge in [0, 0.05) is 13.1 Å². The van der Waals surface area contributed by atoms with Crippen LogP contribution in [0.25, 0.3) is 0 Å². The number of rotatable bonds is 7. The summed E-state index contributed by atoms with van der Waals surface area (Å²) in [4.78, 5) is 2.32. The van der Waals surface area contributed by atoms with Crippen molar-refractivity contribution in [3.05, 3.63) is 11.9 Å². The van der Waals surface area contributed by atoms with Crippen molar-refractivity contribution in [1.82, 2.24) is 19.4 Å². The van der Waals surface area contributed by atoms with E-state index in [1.165, 1.54) is 10.5 Å². The Labute approximate surface area is 109 Å². The third-order valence-corrected chi connectivity index (χ3v) is 4.86. The molecule has 104 valence electrons. The first kappa shape index (κ1) is 15.1. The average molecular weight is 274 g/mol. The number of hydrogen-bond donors (Lipinski definition) is 1. The number of aromatic amines is 1. The lowest BCUT2D eigenvalue weighted by molar-refractivity contribution is 0.356. The summed E-state index contributed by atoms with van der Waals surface area (Å²) in [5.41, 5.74) is 0.584. The zero-order valence-corrected chi connectivity index (χ0v) is 12.3. The molecular weight excluding hydrogens is 252 g/mol. The maximum absolute atomic E-state index is 12.4. The number of H-pyrrole nitrogens is 1. The number of aromatic nitrogens is 2. The molecule has 0 spiro atoms. The number of hydrogen-bond acceptors (Lipinski definition) is 4. The van der Waals surface area contributed by atoms with E-state index < -0.39 is 10.0 Å². The second kappa shape index (κ2) is 6.31. The SMILES string of the molecule is CCN(CCCN(C)C)S(=O)(=O)c1cn[nH]c1C. The highest BCUT2D eigenvalue weighted by Crippen LogP contribution is 2.17. The summed E-state index contributed by atoms with van der Waals surface area (Å²) in [6.07, 6.45) is 2.19. The second-order valence-corrected chi connectivity index (χ2v) is 6.42. The Bertz CT molecular complexity index is 467. The molecule has 0 amide bonds. The van der Waals surface area contributed by atoms with E-state index in [4.69, 9.17) is 0 Å². The van der Waals surface area contributed by atoms with Crippen molar-refractivity contribution in [2.24, 2.45) is 0 Å². The fraction of sp³-hybridized carbons (Fsp3) is 0.727. The van der Waals surface area contributed by atoms with Crippen LogP contribution in [0, 0.1) is 6.92 Å². The van der Waals surface area contributed by atoms with Gasteiger partial charge < -0.3 is 4.90 Å². The molecule has 0 aromatic carbocycles. The van der Waals surface area contributed by atoms with Crippen molar-refractivity contribution in [1.29, 1.82) is 0 Å². The maximum atomic E-state index is 12.4. The Morgan fingerprint density at radius 3 is 2.44 bits per heavy atom. The van der Waals surface area contributed by atoms with E-state index in [0.717, 1.165) is 13.0 Å². The zero-order valence-electron chi connectivity index (χ0n) is 11.5. The summed E-state index contributed by atoms with van der Waals surface area (Å²) < 4.78 is 26.2. The predicted octanol–water partition coefficient (Wildman–Crippen LogP) is 0.680. The van der Waals surface area contributed by atoms with Crippen molar-refractivity contribution in [3.8, 4) is 0 Å². The number of nitrogens with one attached hydrogen (secondary N) is 1. The monoisotopic (exact) mass is 274 g/mol. The fourth-order valence-corrected chi connectivity index (χ4v) is 3.36. The van der Waals surface area contributed by atoms with Crippen molar-refractivity contribution in [2.75, 3.05) is 33.7 Å². The largest absolute Gasteiger partial charge is 0.309 e. The van der Waals surface area contributed by atoms with Crippen LogP contribution < -0.4 is 0 Å². The molecule has 0 bridgehead atoms. The van der Waals surface area contributed by atoms with Crippen LogP contribution >= 0.6 is 0 Å². The second-order valence-electron chi connectivity index (χ2n) is 4.51. The van der Waals surface area contributed by atoms with Crippen LogP contribution in [0.3, 0.4) is 0 Å². The van der Waals surface area contributed by atoms with Crippen molar-refractivity contribution < 1.29 is 8.42 Å². The van der Waals surface area contributed by atoms with E-state index in [9.17, 15) is 8.42 Å². The standard InChI is InChI=1S/C11H22N4O2S/c1-5-15(8-6-7-14(3)4)18(16,17)11-9-12-13-10(11)2/h9H,5-8H2,1-4H3,(H,12,13). The van der Waals surface area contributed by atoms with Gasteiger partial charge in [0.2, 0.25) is 10.0 Å². The molecule has 1 aromatic heterocycles. The van der Waals surface area contributed by atoms with Gasteiger partial charge in [0.1, 0.15) is 4.90 Å².